The smallest absolute Gasteiger partial charge is 0.165 e. The summed E-state index contributed by atoms with van der Waals surface area (Å²) in [5, 5.41) is 3.27. The van der Waals surface area contributed by atoms with Crippen molar-refractivity contribution in [3.05, 3.63) is 29.6 Å². The Kier molecular flexibility index (Phi) is 3.18. The van der Waals surface area contributed by atoms with Crippen LogP contribution in [0.25, 0.3) is 0 Å². The zero-order valence-electron chi connectivity index (χ0n) is 8.63. The average molecular weight is 211 g/mol. The fourth-order valence-electron chi connectivity index (χ4n) is 1.78. The first kappa shape index (κ1) is 10.4. The van der Waals surface area contributed by atoms with Gasteiger partial charge >= 0.3 is 0 Å². The summed E-state index contributed by atoms with van der Waals surface area (Å²) in [4.78, 5) is 0. The van der Waals surface area contributed by atoms with E-state index in [0.717, 1.165) is 12.1 Å². The summed E-state index contributed by atoms with van der Waals surface area (Å²) >= 11 is 0. The number of rotatable bonds is 2. The van der Waals surface area contributed by atoms with Crippen LogP contribution in [0.2, 0.25) is 0 Å². The molecule has 0 unspecified atom stereocenters. The second kappa shape index (κ2) is 4.59. The summed E-state index contributed by atoms with van der Waals surface area (Å²) < 4.78 is 23.8. The summed E-state index contributed by atoms with van der Waals surface area (Å²) in [6.45, 7) is 2.04. The Balaban J connectivity index is 2.29. The van der Waals surface area contributed by atoms with Crippen LogP contribution >= 0.6 is 0 Å². The van der Waals surface area contributed by atoms with E-state index in [-0.39, 0.29) is 11.9 Å². The monoisotopic (exact) mass is 211 g/mol. The highest BCUT2D eigenvalue weighted by Crippen LogP contribution is 2.28. The number of methoxy groups -OCH3 is 1. The van der Waals surface area contributed by atoms with E-state index >= 15 is 0 Å². The second-order valence-electron chi connectivity index (χ2n) is 3.44. The highest BCUT2D eigenvalue weighted by Gasteiger charge is 2.20. The Morgan fingerprint density at radius 3 is 3.07 bits per heavy atom. The van der Waals surface area contributed by atoms with Crippen LogP contribution in [0.4, 0.5) is 4.39 Å². The largest absolute Gasteiger partial charge is 0.493 e. The predicted octanol–water partition coefficient (Wildman–Crippen LogP) is 1.50. The van der Waals surface area contributed by atoms with Gasteiger partial charge in [0.25, 0.3) is 0 Å². The molecule has 1 aromatic carbocycles. The van der Waals surface area contributed by atoms with Crippen LogP contribution in [0.5, 0.6) is 5.75 Å². The van der Waals surface area contributed by atoms with Crippen molar-refractivity contribution >= 4 is 0 Å². The van der Waals surface area contributed by atoms with E-state index in [1.165, 1.54) is 13.2 Å². The number of para-hydroxylation sites is 1. The summed E-state index contributed by atoms with van der Waals surface area (Å²) in [5.74, 6) is -0.0251. The van der Waals surface area contributed by atoms with Crippen molar-refractivity contribution in [3.63, 3.8) is 0 Å². The number of benzene rings is 1. The molecular weight excluding hydrogens is 197 g/mol. The van der Waals surface area contributed by atoms with Crippen molar-refractivity contribution < 1.29 is 13.9 Å². The molecule has 0 saturated carbocycles. The van der Waals surface area contributed by atoms with Gasteiger partial charge in [0.2, 0.25) is 0 Å². The highest BCUT2D eigenvalue weighted by molar-refractivity contribution is 5.37. The standard InChI is InChI=1S/C11H14FNO2/c1-14-11-8(3-2-4-9(11)12)10-7-15-6-5-13-10/h2-4,10,13H,5-7H2,1H3/t10-/m0/s1. The summed E-state index contributed by atoms with van der Waals surface area (Å²) in [6.07, 6.45) is 0. The molecule has 1 heterocycles. The molecule has 1 aromatic rings. The predicted molar refractivity (Wildman–Crippen MR) is 54.5 cm³/mol. The molecule has 0 spiro atoms. The molecule has 0 radical (unpaired) electrons. The normalized spacial score (nSPS) is 21.3. The molecule has 15 heavy (non-hydrogen) atoms. The topological polar surface area (TPSA) is 30.5 Å². The molecule has 1 aliphatic heterocycles. The fourth-order valence-corrected chi connectivity index (χ4v) is 1.78. The van der Waals surface area contributed by atoms with E-state index in [1.54, 1.807) is 6.07 Å². The van der Waals surface area contributed by atoms with E-state index in [0.29, 0.717) is 19.0 Å². The molecule has 1 saturated heterocycles. The minimum absolute atomic E-state index is 0.0180. The molecule has 1 fully saturated rings. The van der Waals surface area contributed by atoms with Crippen LogP contribution in [0.15, 0.2) is 18.2 Å². The van der Waals surface area contributed by atoms with Crippen molar-refractivity contribution in [2.24, 2.45) is 0 Å². The minimum atomic E-state index is -0.331. The Labute approximate surface area is 88.2 Å². The lowest BCUT2D eigenvalue weighted by Gasteiger charge is -2.25. The van der Waals surface area contributed by atoms with Crippen LogP contribution in [0.1, 0.15) is 11.6 Å². The summed E-state index contributed by atoms with van der Waals surface area (Å²) in [6, 6.07) is 4.95. The molecular formula is C11H14FNO2. The van der Waals surface area contributed by atoms with Gasteiger partial charge in [-0.2, -0.15) is 0 Å². The third kappa shape index (κ3) is 2.11. The lowest BCUT2D eigenvalue weighted by Crippen LogP contribution is -2.34. The third-order valence-electron chi connectivity index (χ3n) is 2.50. The zero-order chi connectivity index (χ0) is 10.7. The van der Waals surface area contributed by atoms with E-state index in [2.05, 4.69) is 5.32 Å². The Morgan fingerprint density at radius 1 is 1.53 bits per heavy atom. The molecule has 1 aliphatic rings. The minimum Gasteiger partial charge on any atom is -0.493 e. The molecule has 0 aliphatic carbocycles. The fraction of sp³-hybridized carbons (Fsp3) is 0.455. The van der Waals surface area contributed by atoms with E-state index < -0.39 is 0 Å². The van der Waals surface area contributed by atoms with Gasteiger partial charge in [-0.05, 0) is 6.07 Å². The first-order valence-electron chi connectivity index (χ1n) is 4.96. The van der Waals surface area contributed by atoms with Crippen LogP contribution < -0.4 is 10.1 Å². The van der Waals surface area contributed by atoms with E-state index in [4.69, 9.17) is 9.47 Å². The van der Waals surface area contributed by atoms with Gasteiger partial charge in [-0.3, -0.25) is 0 Å². The van der Waals surface area contributed by atoms with Gasteiger partial charge in [0.15, 0.2) is 11.6 Å². The van der Waals surface area contributed by atoms with Gasteiger partial charge in [-0.25, -0.2) is 4.39 Å². The van der Waals surface area contributed by atoms with E-state index in [9.17, 15) is 4.39 Å². The maximum absolute atomic E-state index is 13.4. The second-order valence-corrected chi connectivity index (χ2v) is 3.44. The van der Waals surface area contributed by atoms with Gasteiger partial charge < -0.3 is 14.8 Å². The molecule has 4 heteroatoms. The van der Waals surface area contributed by atoms with Gasteiger partial charge in [-0.1, -0.05) is 12.1 Å². The number of ether oxygens (including phenoxy) is 2. The average Bonchev–Trinajstić information content (AvgIpc) is 2.30. The lowest BCUT2D eigenvalue weighted by molar-refractivity contribution is 0.0759. The molecule has 0 bridgehead atoms. The summed E-state index contributed by atoms with van der Waals surface area (Å²) in [5.41, 5.74) is 0.817. The maximum atomic E-state index is 13.4. The Bertz CT molecular complexity index is 337. The van der Waals surface area contributed by atoms with Crippen molar-refractivity contribution in [2.75, 3.05) is 26.9 Å². The SMILES string of the molecule is COc1c(F)cccc1[C@@H]1COCCN1. The van der Waals surface area contributed by atoms with Crippen molar-refractivity contribution in [1.82, 2.24) is 5.32 Å². The zero-order valence-corrected chi connectivity index (χ0v) is 8.63. The maximum Gasteiger partial charge on any atom is 0.165 e. The van der Waals surface area contributed by atoms with Crippen molar-refractivity contribution in [3.8, 4) is 5.75 Å². The molecule has 1 atom stereocenters. The molecule has 82 valence electrons. The summed E-state index contributed by atoms with van der Waals surface area (Å²) in [7, 11) is 1.48. The van der Waals surface area contributed by atoms with Crippen molar-refractivity contribution in [2.45, 2.75) is 6.04 Å². The molecule has 2 rings (SSSR count). The molecule has 3 nitrogen and oxygen atoms in total. The number of morpholine rings is 1. The van der Waals surface area contributed by atoms with Crippen LogP contribution in [0.3, 0.4) is 0 Å². The Hall–Kier alpha value is -1.13. The van der Waals surface area contributed by atoms with Gasteiger partial charge in [0.05, 0.1) is 26.4 Å². The number of hydrogen-bond donors (Lipinski definition) is 1. The molecule has 0 amide bonds. The number of nitrogens with one attached hydrogen (secondary N) is 1. The van der Waals surface area contributed by atoms with Crippen LogP contribution in [0, 0.1) is 5.82 Å². The van der Waals surface area contributed by atoms with E-state index in [1.807, 2.05) is 6.07 Å². The third-order valence-corrected chi connectivity index (χ3v) is 2.50. The number of hydrogen-bond acceptors (Lipinski definition) is 3. The highest BCUT2D eigenvalue weighted by atomic mass is 19.1. The first-order chi connectivity index (χ1) is 7.33. The lowest BCUT2D eigenvalue weighted by atomic mass is 10.1. The van der Waals surface area contributed by atoms with Gasteiger partial charge in [0.1, 0.15) is 0 Å². The Morgan fingerprint density at radius 2 is 2.40 bits per heavy atom. The number of halogens is 1. The molecule has 1 N–H and O–H groups in total. The van der Waals surface area contributed by atoms with Gasteiger partial charge in [-0.15, -0.1) is 0 Å². The quantitative estimate of drug-likeness (QED) is 0.804. The van der Waals surface area contributed by atoms with Gasteiger partial charge in [0, 0.05) is 12.1 Å². The van der Waals surface area contributed by atoms with Crippen molar-refractivity contribution in [1.29, 1.82) is 0 Å². The van der Waals surface area contributed by atoms with Crippen LogP contribution in [-0.2, 0) is 4.74 Å². The first-order valence-corrected chi connectivity index (χ1v) is 4.96. The van der Waals surface area contributed by atoms with Crippen LogP contribution in [-0.4, -0.2) is 26.9 Å². The molecule has 0 aromatic heterocycles.